The second-order valence-electron chi connectivity index (χ2n) is 4.83. The lowest BCUT2D eigenvalue weighted by atomic mass is 9.99. The number of alkyl halides is 3. The largest absolute Gasteiger partial charge is 0.416 e. The molecule has 21 heavy (non-hydrogen) atoms. The third-order valence-corrected chi connectivity index (χ3v) is 3.35. The molecule has 0 radical (unpaired) electrons. The van der Waals surface area contributed by atoms with Crippen molar-refractivity contribution in [1.82, 2.24) is 0 Å². The van der Waals surface area contributed by atoms with E-state index in [1.54, 1.807) is 6.07 Å². The van der Waals surface area contributed by atoms with Crippen molar-refractivity contribution >= 4 is 5.69 Å². The van der Waals surface area contributed by atoms with Crippen LogP contribution >= 0.6 is 0 Å². The van der Waals surface area contributed by atoms with Crippen LogP contribution in [-0.2, 0) is 6.18 Å². The van der Waals surface area contributed by atoms with E-state index >= 15 is 0 Å². The standard InChI is InChI=1S/C16H17F3N2/c1-11-6-2-5-9-14(11)21-15(10-20)12-7-3-4-8-13(12)16(17,18)19/h2-9,15,21H,10,20H2,1H3. The zero-order chi connectivity index (χ0) is 15.5. The molecule has 1 unspecified atom stereocenters. The Morgan fingerprint density at radius 2 is 1.67 bits per heavy atom. The first kappa shape index (κ1) is 15.4. The highest BCUT2D eigenvalue weighted by Gasteiger charge is 2.34. The van der Waals surface area contributed by atoms with Gasteiger partial charge in [0.05, 0.1) is 11.6 Å². The van der Waals surface area contributed by atoms with Crippen LogP contribution in [0.5, 0.6) is 0 Å². The van der Waals surface area contributed by atoms with E-state index in [0.29, 0.717) is 0 Å². The molecule has 3 N–H and O–H groups in total. The van der Waals surface area contributed by atoms with Gasteiger partial charge in [-0.3, -0.25) is 0 Å². The first-order valence-electron chi connectivity index (χ1n) is 6.62. The van der Waals surface area contributed by atoms with E-state index in [1.807, 2.05) is 31.2 Å². The number of benzene rings is 2. The van der Waals surface area contributed by atoms with Gasteiger partial charge in [-0.1, -0.05) is 36.4 Å². The SMILES string of the molecule is Cc1ccccc1NC(CN)c1ccccc1C(F)(F)F. The van der Waals surface area contributed by atoms with Gasteiger partial charge in [0.15, 0.2) is 0 Å². The molecule has 0 saturated carbocycles. The van der Waals surface area contributed by atoms with Crippen LogP contribution in [0.2, 0.25) is 0 Å². The lowest BCUT2D eigenvalue weighted by molar-refractivity contribution is -0.138. The summed E-state index contributed by atoms with van der Waals surface area (Å²) >= 11 is 0. The predicted molar refractivity (Wildman–Crippen MR) is 78.0 cm³/mol. The van der Waals surface area contributed by atoms with Crippen molar-refractivity contribution in [3.63, 3.8) is 0 Å². The number of aryl methyl sites for hydroxylation is 1. The zero-order valence-corrected chi connectivity index (χ0v) is 11.6. The Labute approximate surface area is 121 Å². The van der Waals surface area contributed by atoms with Gasteiger partial charge in [-0.05, 0) is 30.2 Å². The van der Waals surface area contributed by atoms with Gasteiger partial charge in [0.25, 0.3) is 0 Å². The molecule has 2 rings (SSSR count). The van der Waals surface area contributed by atoms with Crippen molar-refractivity contribution in [3.8, 4) is 0 Å². The number of hydrogen-bond donors (Lipinski definition) is 2. The van der Waals surface area contributed by atoms with E-state index < -0.39 is 17.8 Å². The van der Waals surface area contributed by atoms with Gasteiger partial charge in [0.2, 0.25) is 0 Å². The van der Waals surface area contributed by atoms with Gasteiger partial charge in [-0.2, -0.15) is 13.2 Å². The first-order chi connectivity index (χ1) is 9.93. The van der Waals surface area contributed by atoms with Crippen molar-refractivity contribution in [1.29, 1.82) is 0 Å². The van der Waals surface area contributed by atoms with Crippen molar-refractivity contribution < 1.29 is 13.2 Å². The number of halogens is 3. The smallest absolute Gasteiger partial charge is 0.377 e. The molecule has 0 aromatic heterocycles. The van der Waals surface area contributed by atoms with Crippen LogP contribution in [0, 0.1) is 6.92 Å². The molecule has 0 aliphatic rings. The molecule has 1 atom stereocenters. The van der Waals surface area contributed by atoms with Crippen LogP contribution in [0.25, 0.3) is 0 Å². The average molecular weight is 294 g/mol. The molecule has 0 amide bonds. The van der Waals surface area contributed by atoms with Crippen LogP contribution in [0.15, 0.2) is 48.5 Å². The maximum absolute atomic E-state index is 13.1. The van der Waals surface area contributed by atoms with E-state index in [9.17, 15) is 13.2 Å². The summed E-state index contributed by atoms with van der Waals surface area (Å²) in [5.74, 6) is 0. The van der Waals surface area contributed by atoms with E-state index in [-0.39, 0.29) is 12.1 Å². The second kappa shape index (κ2) is 6.18. The van der Waals surface area contributed by atoms with E-state index in [0.717, 1.165) is 17.3 Å². The summed E-state index contributed by atoms with van der Waals surface area (Å²) in [5.41, 5.74) is 6.94. The van der Waals surface area contributed by atoms with E-state index in [1.165, 1.54) is 12.1 Å². The first-order valence-corrected chi connectivity index (χ1v) is 6.62. The summed E-state index contributed by atoms with van der Waals surface area (Å²) in [5, 5.41) is 3.10. The van der Waals surface area contributed by atoms with Crippen molar-refractivity contribution in [2.45, 2.75) is 19.1 Å². The monoisotopic (exact) mass is 294 g/mol. The molecule has 0 heterocycles. The number of hydrogen-bond acceptors (Lipinski definition) is 2. The molecule has 112 valence electrons. The van der Waals surface area contributed by atoms with Gasteiger partial charge in [-0.25, -0.2) is 0 Å². The summed E-state index contributed by atoms with van der Waals surface area (Å²) in [6, 6.07) is 12.4. The van der Waals surface area contributed by atoms with Crippen molar-refractivity contribution in [3.05, 3.63) is 65.2 Å². The average Bonchev–Trinajstić information content (AvgIpc) is 2.45. The number of rotatable bonds is 4. The van der Waals surface area contributed by atoms with Crippen LogP contribution in [-0.4, -0.2) is 6.54 Å². The summed E-state index contributed by atoms with van der Waals surface area (Å²) in [7, 11) is 0. The number of nitrogens with one attached hydrogen (secondary N) is 1. The fourth-order valence-corrected chi connectivity index (χ4v) is 2.25. The Morgan fingerprint density at radius 1 is 1.05 bits per heavy atom. The Morgan fingerprint density at radius 3 is 2.29 bits per heavy atom. The molecule has 2 aromatic rings. The highest BCUT2D eigenvalue weighted by Crippen LogP contribution is 2.35. The Kier molecular flexibility index (Phi) is 4.53. The maximum Gasteiger partial charge on any atom is 0.416 e. The predicted octanol–water partition coefficient (Wildman–Crippen LogP) is 4.13. The molecule has 2 aromatic carbocycles. The van der Waals surface area contributed by atoms with Crippen LogP contribution in [0.3, 0.4) is 0 Å². The van der Waals surface area contributed by atoms with E-state index in [4.69, 9.17) is 5.73 Å². The third kappa shape index (κ3) is 3.55. The summed E-state index contributed by atoms with van der Waals surface area (Å²) in [6.07, 6.45) is -4.39. The molecule has 0 aliphatic carbocycles. The fourth-order valence-electron chi connectivity index (χ4n) is 2.25. The highest BCUT2D eigenvalue weighted by atomic mass is 19.4. The minimum atomic E-state index is -4.39. The quantitative estimate of drug-likeness (QED) is 0.890. The molecule has 5 heteroatoms. The molecular weight excluding hydrogens is 277 g/mol. The van der Waals surface area contributed by atoms with Gasteiger partial charge in [0, 0.05) is 12.2 Å². The van der Waals surface area contributed by atoms with Crippen LogP contribution < -0.4 is 11.1 Å². The Bertz CT molecular complexity index is 608. The lowest BCUT2D eigenvalue weighted by Gasteiger charge is -2.23. The van der Waals surface area contributed by atoms with Gasteiger partial charge in [0.1, 0.15) is 0 Å². The maximum atomic E-state index is 13.1. The summed E-state index contributed by atoms with van der Waals surface area (Å²) < 4.78 is 39.3. The van der Waals surface area contributed by atoms with Gasteiger partial charge < -0.3 is 11.1 Å². The number of nitrogens with two attached hydrogens (primary N) is 1. The molecule has 0 bridgehead atoms. The normalized spacial score (nSPS) is 13.0. The van der Waals surface area contributed by atoms with Gasteiger partial charge >= 0.3 is 6.18 Å². The van der Waals surface area contributed by atoms with Crippen molar-refractivity contribution in [2.24, 2.45) is 5.73 Å². The molecule has 0 spiro atoms. The molecule has 2 nitrogen and oxygen atoms in total. The second-order valence-corrected chi connectivity index (χ2v) is 4.83. The molecule has 0 fully saturated rings. The summed E-state index contributed by atoms with van der Waals surface area (Å²) in [6.45, 7) is 1.97. The van der Waals surface area contributed by atoms with Crippen molar-refractivity contribution in [2.75, 3.05) is 11.9 Å². The fraction of sp³-hybridized carbons (Fsp3) is 0.250. The Hall–Kier alpha value is -2.01. The van der Waals surface area contributed by atoms with E-state index in [2.05, 4.69) is 5.32 Å². The summed E-state index contributed by atoms with van der Waals surface area (Å²) in [4.78, 5) is 0. The van der Waals surface area contributed by atoms with Gasteiger partial charge in [-0.15, -0.1) is 0 Å². The third-order valence-electron chi connectivity index (χ3n) is 3.35. The topological polar surface area (TPSA) is 38.0 Å². The molecular formula is C16H17F3N2. The van der Waals surface area contributed by atoms with Crippen LogP contribution in [0.1, 0.15) is 22.7 Å². The lowest BCUT2D eigenvalue weighted by Crippen LogP contribution is -2.24. The molecule has 0 saturated heterocycles. The minimum Gasteiger partial charge on any atom is -0.377 e. The zero-order valence-electron chi connectivity index (χ0n) is 11.6. The number of anilines is 1. The number of para-hydroxylation sites is 1. The Balaban J connectivity index is 2.37. The highest BCUT2D eigenvalue weighted by molar-refractivity contribution is 5.52. The van der Waals surface area contributed by atoms with Crippen LogP contribution in [0.4, 0.5) is 18.9 Å². The molecule has 0 aliphatic heterocycles. The minimum absolute atomic E-state index is 0.0709.